The summed E-state index contributed by atoms with van der Waals surface area (Å²) in [5.74, 6) is 0.986. The van der Waals surface area contributed by atoms with E-state index in [-0.39, 0.29) is 6.79 Å². The second-order valence-corrected chi connectivity index (χ2v) is 5.16. The molecule has 0 bridgehead atoms. The molecule has 0 N–H and O–H groups in total. The first-order valence-electron chi connectivity index (χ1n) is 7.17. The Morgan fingerprint density at radius 1 is 1.27 bits per heavy atom. The average Bonchev–Trinajstić information content (AvgIpc) is 3.05. The molecule has 1 unspecified atom stereocenters. The second kappa shape index (κ2) is 6.18. The Labute approximate surface area is 128 Å². The molecule has 0 spiro atoms. The van der Waals surface area contributed by atoms with Gasteiger partial charge in [0.2, 0.25) is 6.79 Å². The van der Waals surface area contributed by atoms with Gasteiger partial charge in [-0.25, -0.2) is 4.98 Å². The van der Waals surface area contributed by atoms with Crippen molar-refractivity contribution in [2.24, 2.45) is 0 Å². The number of pyridine rings is 1. The van der Waals surface area contributed by atoms with Crippen LogP contribution in [-0.2, 0) is 10.3 Å². The quantitative estimate of drug-likeness (QED) is 0.824. The van der Waals surface area contributed by atoms with E-state index in [1.54, 1.807) is 12.3 Å². The fourth-order valence-electron chi connectivity index (χ4n) is 2.88. The number of fused-ring (bicyclic) bond motifs is 1. The lowest BCUT2D eigenvalue weighted by Gasteiger charge is -2.40. The SMILES string of the molecule is N#CCCC(C#N)(c1cnc2c(c1)OCO2)N1CCOCC1. The minimum atomic E-state index is -0.895. The van der Waals surface area contributed by atoms with Gasteiger partial charge in [-0.1, -0.05) is 0 Å². The van der Waals surface area contributed by atoms with Gasteiger partial charge in [0.25, 0.3) is 5.88 Å². The van der Waals surface area contributed by atoms with Crippen molar-refractivity contribution in [1.29, 1.82) is 10.5 Å². The van der Waals surface area contributed by atoms with Gasteiger partial charge in [-0.3, -0.25) is 4.90 Å². The van der Waals surface area contributed by atoms with E-state index in [4.69, 9.17) is 19.5 Å². The minimum Gasteiger partial charge on any atom is -0.452 e. The predicted molar refractivity (Wildman–Crippen MR) is 74.9 cm³/mol. The largest absolute Gasteiger partial charge is 0.452 e. The summed E-state index contributed by atoms with van der Waals surface area (Å²) in [5, 5.41) is 18.9. The molecule has 2 aliphatic rings. The van der Waals surface area contributed by atoms with Gasteiger partial charge in [0.15, 0.2) is 5.75 Å². The molecular weight excluding hydrogens is 284 g/mol. The smallest absolute Gasteiger partial charge is 0.260 e. The predicted octanol–water partition coefficient (Wildman–Crippen LogP) is 1.17. The van der Waals surface area contributed by atoms with E-state index in [0.717, 1.165) is 5.56 Å². The highest BCUT2D eigenvalue weighted by molar-refractivity contribution is 5.43. The Hall–Kier alpha value is -2.35. The molecule has 3 rings (SSSR count). The maximum atomic E-state index is 9.92. The minimum absolute atomic E-state index is 0.140. The number of nitriles is 2. The Bertz CT molecular complexity index is 631. The van der Waals surface area contributed by atoms with Crippen LogP contribution in [0.1, 0.15) is 18.4 Å². The van der Waals surface area contributed by atoms with Crippen LogP contribution in [0.25, 0.3) is 0 Å². The molecule has 114 valence electrons. The molecule has 7 nitrogen and oxygen atoms in total. The number of hydrogen-bond acceptors (Lipinski definition) is 7. The fraction of sp³-hybridized carbons (Fsp3) is 0.533. The van der Waals surface area contributed by atoms with Gasteiger partial charge >= 0.3 is 0 Å². The van der Waals surface area contributed by atoms with Crippen LogP contribution in [0.15, 0.2) is 12.3 Å². The van der Waals surface area contributed by atoms with Crippen LogP contribution in [0.3, 0.4) is 0 Å². The maximum absolute atomic E-state index is 9.92. The molecule has 22 heavy (non-hydrogen) atoms. The highest BCUT2D eigenvalue weighted by Gasteiger charge is 2.40. The van der Waals surface area contributed by atoms with Gasteiger partial charge in [-0.2, -0.15) is 10.5 Å². The van der Waals surface area contributed by atoms with E-state index in [2.05, 4.69) is 22.0 Å². The van der Waals surface area contributed by atoms with E-state index in [1.165, 1.54) is 0 Å². The van der Waals surface area contributed by atoms with E-state index in [1.807, 2.05) is 0 Å². The van der Waals surface area contributed by atoms with Crippen LogP contribution >= 0.6 is 0 Å². The summed E-state index contributed by atoms with van der Waals surface area (Å²) >= 11 is 0. The molecule has 0 amide bonds. The Morgan fingerprint density at radius 2 is 2.09 bits per heavy atom. The Kier molecular flexibility index (Phi) is 4.10. The highest BCUT2D eigenvalue weighted by atomic mass is 16.7. The summed E-state index contributed by atoms with van der Waals surface area (Å²) < 4.78 is 16.0. The summed E-state index contributed by atoms with van der Waals surface area (Å²) in [6.07, 6.45) is 2.35. The lowest BCUT2D eigenvalue weighted by atomic mass is 9.85. The average molecular weight is 300 g/mol. The van der Waals surface area contributed by atoms with Crippen molar-refractivity contribution in [1.82, 2.24) is 9.88 Å². The normalized spacial score (nSPS) is 19.9. The Balaban J connectivity index is 2.00. The number of nitrogens with zero attached hydrogens (tertiary/aromatic N) is 4. The Morgan fingerprint density at radius 3 is 2.82 bits per heavy atom. The van der Waals surface area contributed by atoms with Crippen molar-refractivity contribution in [2.75, 3.05) is 33.1 Å². The van der Waals surface area contributed by atoms with Gasteiger partial charge < -0.3 is 14.2 Å². The van der Waals surface area contributed by atoms with Gasteiger partial charge in [0.05, 0.1) is 25.4 Å². The first kappa shape index (κ1) is 14.6. The molecular formula is C15H16N4O3. The molecule has 2 aliphatic heterocycles. The monoisotopic (exact) mass is 300 g/mol. The summed E-state index contributed by atoms with van der Waals surface area (Å²) in [6, 6.07) is 6.34. The third-order valence-electron chi connectivity index (χ3n) is 4.04. The molecule has 1 aromatic rings. The molecule has 0 radical (unpaired) electrons. The van der Waals surface area contributed by atoms with E-state index < -0.39 is 5.54 Å². The number of rotatable bonds is 4. The van der Waals surface area contributed by atoms with Gasteiger partial charge in [-0.05, 0) is 12.5 Å². The number of hydrogen-bond donors (Lipinski definition) is 0. The fourth-order valence-corrected chi connectivity index (χ4v) is 2.88. The molecule has 3 heterocycles. The van der Waals surface area contributed by atoms with Crippen molar-refractivity contribution >= 4 is 0 Å². The molecule has 0 aromatic carbocycles. The molecule has 7 heteroatoms. The molecule has 1 atom stereocenters. The van der Waals surface area contributed by atoms with E-state index >= 15 is 0 Å². The molecule has 1 aromatic heterocycles. The third kappa shape index (κ3) is 2.45. The lowest BCUT2D eigenvalue weighted by Crippen LogP contribution is -2.50. The lowest BCUT2D eigenvalue weighted by molar-refractivity contribution is -0.00760. The molecule has 1 fully saturated rings. The summed E-state index contributed by atoms with van der Waals surface area (Å²) in [4.78, 5) is 6.30. The molecule has 1 saturated heterocycles. The van der Waals surface area contributed by atoms with Gasteiger partial charge in [0.1, 0.15) is 5.54 Å². The topological polar surface area (TPSA) is 91.4 Å². The van der Waals surface area contributed by atoms with Crippen LogP contribution in [0, 0.1) is 22.7 Å². The highest BCUT2D eigenvalue weighted by Crippen LogP contribution is 2.38. The summed E-state index contributed by atoms with van der Waals surface area (Å²) in [7, 11) is 0. The van der Waals surface area contributed by atoms with Gasteiger partial charge in [-0.15, -0.1) is 0 Å². The standard InChI is InChI=1S/C15H16N4O3/c16-3-1-2-15(10-17,19-4-6-20-7-5-19)12-8-13-14(18-9-12)22-11-21-13/h8-9H,1-2,4-7,11H2. The van der Waals surface area contributed by atoms with Crippen molar-refractivity contribution in [3.63, 3.8) is 0 Å². The van der Waals surface area contributed by atoms with Crippen LogP contribution in [0.4, 0.5) is 0 Å². The first-order valence-corrected chi connectivity index (χ1v) is 7.17. The van der Waals surface area contributed by atoms with Crippen molar-refractivity contribution < 1.29 is 14.2 Å². The van der Waals surface area contributed by atoms with E-state index in [0.29, 0.717) is 50.8 Å². The zero-order valence-corrected chi connectivity index (χ0v) is 12.1. The third-order valence-corrected chi connectivity index (χ3v) is 4.04. The second-order valence-electron chi connectivity index (χ2n) is 5.16. The number of aromatic nitrogens is 1. The molecule has 0 saturated carbocycles. The van der Waals surface area contributed by atoms with Crippen molar-refractivity contribution in [2.45, 2.75) is 18.4 Å². The molecule has 0 aliphatic carbocycles. The van der Waals surface area contributed by atoms with Gasteiger partial charge in [0, 0.05) is 31.3 Å². The van der Waals surface area contributed by atoms with Crippen molar-refractivity contribution in [3.05, 3.63) is 17.8 Å². The maximum Gasteiger partial charge on any atom is 0.260 e. The van der Waals surface area contributed by atoms with Crippen LogP contribution in [-0.4, -0.2) is 43.0 Å². The van der Waals surface area contributed by atoms with Crippen molar-refractivity contribution in [3.8, 4) is 23.8 Å². The summed E-state index contributed by atoms with van der Waals surface area (Å²) in [6.45, 7) is 2.59. The first-order chi connectivity index (χ1) is 10.8. The summed E-state index contributed by atoms with van der Waals surface area (Å²) in [5.41, 5.74) is -0.163. The van der Waals surface area contributed by atoms with Crippen LogP contribution in [0.2, 0.25) is 0 Å². The number of ether oxygens (including phenoxy) is 3. The zero-order valence-electron chi connectivity index (χ0n) is 12.1. The number of morpholine rings is 1. The van der Waals surface area contributed by atoms with Crippen LogP contribution < -0.4 is 9.47 Å². The van der Waals surface area contributed by atoms with E-state index in [9.17, 15) is 5.26 Å². The van der Waals surface area contributed by atoms with Crippen LogP contribution in [0.5, 0.6) is 11.6 Å². The zero-order chi connectivity index (χ0) is 15.4.